The number of hydrogen-bond donors (Lipinski definition) is 2. The number of aryl methyl sites for hydroxylation is 2. The molecule has 4 nitrogen and oxygen atoms in total. The highest BCUT2D eigenvalue weighted by molar-refractivity contribution is 7.80. The molecule has 2 aromatic heterocycles. The Balaban J connectivity index is 2.28. The number of thiocarbonyl (C=S) groups is 1. The van der Waals surface area contributed by atoms with Crippen molar-refractivity contribution in [2.45, 2.75) is 13.8 Å². The fourth-order valence-corrected chi connectivity index (χ4v) is 1.73. The fourth-order valence-electron chi connectivity index (χ4n) is 1.62. The van der Waals surface area contributed by atoms with Crippen LogP contribution in [-0.2, 0) is 0 Å². The summed E-state index contributed by atoms with van der Waals surface area (Å²) < 4.78 is 0. The predicted octanol–water partition coefficient (Wildman–Crippen LogP) is 2.47. The molecule has 0 radical (unpaired) electrons. The van der Waals surface area contributed by atoms with E-state index in [0.29, 0.717) is 5.69 Å². The highest BCUT2D eigenvalue weighted by atomic mass is 32.1. The lowest BCUT2D eigenvalue weighted by atomic mass is 10.2. The van der Waals surface area contributed by atoms with Crippen LogP contribution >= 0.6 is 12.2 Å². The van der Waals surface area contributed by atoms with Crippen LogP contribution in [0.3, 0.4) is 0 Å². The Morgan fingerprint density at radius 3 is 2.72 bits per heavy atom. The van der Waals surface area contributed by atoms with Crippen LogP contribution in [0.25, 0.3) is 0 Å². The third-order valence-corrected chi connectivity index (χ3v) is 2.73. The average molecular weight is 258 g/mol. The van der Waals surface area contributed by atoms with Crippen molar-refractivity contribution in [1.82, 2.24) is 9.97 Å². The van der Waals surface area contributed by atoms with E-state index in [1.807, 2.05) is 38.1 Å². The molecule has 0 fully saturated rings. The molecule has 0 saturated heterocycles. The zero-order valence-corrected chi connectivity index (χ0v) is 11.1. The van der Waals surface area contributed by atoms with Crippen molar-refractivity contribution in [2.24, 2.45) is 5.73 Å². The monoisotopic (exact) mass is 258 g/mol. The SMILES string of the molecule is Cc1ccc(Nc2ccnc(C(N)=S)c2)c(C)n1. The van der Waals surface area contributed by atoms with Gasteiger partial charge in [-0.1, -0.05) is 12.2 Å². The Hall–Kier alpha value is -2.01. The molecule has 18 heavy (non-hydrogen) atoms. The molecular formula is C13H14N4S. The fraction of sp³-hybridized carbons (Fsp3) is 0.154. The van der Waals surface area contributed by atoms with Crippen molar-refractivity contribution in [3.8, 4) is 0 Å². The number of rotatable bonds is 3. The normalized spacial score (nSPS) is 10.1. The summed E-state index contributed by atoms with van der Waals surface area (Å²) in [6.45, 7) is 3.93. The highest BCUT2D eigenvalue weighted by Crippen LogP contribution is 2.19. The summed E-state index contributed by atoms with van der Waals surface area (Å²) in [4.78, 5) is 8.78. The van der Waals surface area contributed by atoms with Gasteiger partial charge in [-0.05, 0) is 38.1 Å². The van der Waals surface area contributed by atoms with E-state index in [4.69, 9.17) is 18.0 Å². The lowest BCUT2D eigenvalue weighted by molar-refractivity contribution is 1.12. The Morgan fingerprint density at radius 2 is 2.06 bits per heavy atom. The molecule has 0 aliphatic rings. The molecule has 0 saturated carbocycles. The molecule has 92 valence electrons. The predicted molar refractivity (Wildman–Crippen MR) is 77.1 cm³/mol. The molecule has 2 rings (SSSR count). The molecule has 0 spiro atoms. The molecule has 0 aliphatic heterocycles. The van der Waals surface area contributed by atoms with E-state index in [1.165, 1.54) is 0 Å². The number of pyridine rings is 2. The third-order valence-electron chi connectivity index (χ3n) is 2.52. The first-order chi connectivity index (χ1) is 8.56. The Kier molecular flexibility index (Phi) is 3.53. The number of nitrogens with two attached hydrogens (primary N) is 1. The molecule has 2 aromatic rings. The Bertz CT molecular complexity index is 595. The van der Waals surface area contributed by atoms with Gasteiger partial charge in [0.15, 0.2) is 0 Å². The summed E-state index contributed by atoms with van der Waals surface area (Å²) in [5, 5.41) is 3.28. The molecule has 0 unspecified atom stereocenters. The van der Waals surface area contributed by atoms with E-state index in [0.717, 1.165) is 22.8 Å². The minimum atomic E-state index is 0.289. The smallest absolute Gasteiger partial charge is 0.122 e. The zero-order valence-electron chi connectivity index (χ0n) is 10.3. The number of nitrogens with zero attached hydrogens (tertiary/aromatic N) is 2. The second-order valence-corrected chi connectivity index (χ2v) is 4.44. The van der Waals surface area contributed by atoms with E-state index in [-0.39, 0.29) is 4.99 Å². The van der Waals surface area contributed by atoms with Gasteiger partial charge in [0.1, 0.15) is 4.99 Å². The minimum absolute atomic E-state index is 0.289. The lowest BCUT2D eigenvalue weighted by Crippen LogP contribution is -2.11. The van der Waals surface area contributed by atoms with Crippen LogP contribution in [0.2, 0.25) is 0 Å². The molecule has 2 heterocycles. The van der Waals surface area contributed by atoms with E-state index < -0.39 is 0 Å². The first-order valence-corrected chi connectivity index (χ1v) is 5.94. The zero-order chi connectivity index (χ0) is 13.1. The van der Waals surface area contributed by atoms with Crippen molar-refractivity contribution in [1.29, 1.82) is 0 Å². The minimum Gasteiger partial charge on any atom is -0.388 e. The summed E-state index contributed by atoms with van der Waals surface area (Å²) in [5.41, 5.74) is 9.95. The molecule has 0 bridgehead atoms. The van der Waals surface area contributed by atoms with Gasteiger partial charge in [-0.25, -0.2) is 0 Å². The van der Waals surface area contributed by atoms with Crippen molar-refractivity contribution >= 4 is 28.6 Å². The molecule has 0 aromatic carbocycles. The molecular weight excluding hydrogens is 244 g/mol. The quantitative estimate of drug-likeness (QED) is 0.828. The molecule has 0 amide bonds. The van der Waals surface area contributed by atoms with Gasteiger partial charge in [-0.3, -0.25) is 9.97 Å². The molecule has 0 atom stereocenters. The topological polar surface area (TPSA) is 63.8 Å². The standard InChI is InChI=1S/C13H14N4S/c1-8-3-4-11(9(2)16-8)17-10-5-6-15-12(7-10)13(14)18/h3-7H,1-2H3,(H2,14,18)(H,15,17). The summed E-state index contributed by atoms with van der Waals surface area (Å²) in [6.07, 6.45) is 1.67. The van der Waals surface area contributed by atoms with Crippen LogP contribution in [0.1, 0.15) is 17.1 Å². The van der Waals surface area contributed by atoms with Gasteiger partial charge in [0, 0.05) is 17.6 Å². The maximum absolute atomic E-state index is 5.55. The van der Waals surface area contributed by atoms with Gasteiger partial charge in [0.05, 0.1) is 17.1 Å². The molecule has 5 heteroatoms. The van der Waals surface area contributed by atoms with Crippen LogP contribution in [0, 0.1) is 13.8 Å². The van der Waals surface area contributed by atoms with E-state index in [1.54, 1.807) is 6.20 Å². The highest BCUT2D eigenvalue weighted by Gasteiger charge is 2.03. The van der Waals surface area contributed by atoms with Crippen molar-refractivity contribution in [2.75, 3.05) is 5.32 Å². The maximum Gasteiger partial charge on any atom is 0.122 e. The van der Waals surface area contributed by atoms with Gasteiger partial charge >= 0.3 is 0 Å². The van der Waals surface area contributed by atoms with Gasteiger partial charge in [-0.15, -0.1) is 0 Å². The number of anilines is 2. The maximum atomic E-state index is 5.55. The summed E-state index contributed by atoms with van der Waals surface area (Å²) >= 11 is 4.90. The van der Waals surface area contributed by atoms with E-state index in [2.05, 4.69) is 15.3 Å². The van der Waals surface area contributed by atoms with Gasteiger partial charge in [-0.2, -0.15) is 0 Å². The summed E-state index contributed by atoms with van der Waals surface area (Å²) in [6, 6.07) is 7.65. The summed E-state index contributed by atoms with van der Waals surface area (Å²) in [5.74, 6) is 0. The average Bonchev–Trinajstić information content (AvgIpc) is 2.33. The first-order valence-electron chi connectivity index (χ1n) is 5.53. The van der Waals surface area contributed by atoms with Crippen LogP contribution in [0.15, 0.2) is 30.5 Å². The summed E-state index contributed by atoms with van der Waals surface area (Å²) in [7, 11) is 0. The number of aromatic nitrogens is 2. The lowest BCUT2D eigenvalue weighted by Gasteiger charge is -2.10. The van der Waals surface area contributed by atoms with Crippen molar-refractivity contribution in [3.05, 3.63) is 47.5 Å². The van der Waals surface area contributed by atoms with Gasteiger partial charge in [0.25, 0.3) is 0 Å². The Labute approximate surface area is 111 Å². The van der Waals surface area contributed by atoms with E-state index in [9.17, 15) is 0 Å². The first kappa shape index (κ1) is 12.4. The Morgan fingerprint density at radius 1 is 1.28 bits per heavy atom. The van der Waals surface area contributed by atoms with E-state index >= 15 is 0 Å². The molecule has 3 N–H and O–H groups in total. The second kappa shape index (κ2) is 5.10. The van der Waals surface area contributed by atoms with Gasteiger partial charge in [0.2, 0.25) is 0 Å². The number of hydrogen-bond acceptors (Lipinski definition) is 4. The van der Waals surface area contributed by atoms with Crippen LogP contribution in [0.5, 0.6) is 0 Å². The van der Waals surface area contributed by atoms with Crippen LogP contribution in [0.4, 0.5) is 11.4 Å². The number of nitrogens with one attached hydrogen (secondary N) is 1. The largest absolute Gasteiger partial charge is 0.388 e. The van der Waals surface area contributed by atoms with Gasteiger partial charge < -0.3 is 11.1 Å². The van der Waals surface area contributed by atoms with Crippen molar-refractivity contribution < 1.29 is 0 Å². The van der Waals surface area contributed by atoms with Crippen LogP contribution < -0.4 is 11.1 Å². The molecule has 0 aliphatic carbocycles. The third kappa shape index (κ3) is 2.81. The van der Waals surface area contributed by atoms with Crippen molar-refractivity contribution in [3.63, 3.8) is 0 Å². The second-order valence-electron chi connectivity index (χ2n) is 4.00. The van der Waals surface area contributed by atoms with Crippen LogP contribution in [-0.4, -0.2) is 15.0 Å².